The summed E-state index contributed by atoms with van der Waals surface area (Å²) in [6, 6.07) is 14.9. The molecule has 0 saturated heterocycles. The molecule has 0 bridgehead atoms. The number of nitrogens with zero attached hydrogens (tertiary/aromatic N) is 2. The predicted octanol–water partition coefficient (Wildman–Crippen LogP) is 3.06. The molecular weight excluding hydrogens is 318 g/mol. The fourth-order valence-electron chi connectivity index (χ4n) is 3.18. The number of amides is 1. The Kier molecular flexibility index (Phi) is 3.65. The van der Waals surface area contributed by atoms with E-state index in [4.69, 9.17) is 4.74 Å². The van der Waals surface area contributed by atoms with Gasteiger partial charge in [-0.1, -0.05) is 24.3 Å². The van der Waals surface area contributed by atoms with Crippen molar-refractivity contribution < 1.29 is 14.6 Å². The minimum absolute atomic E-state index is 0.0674. The van der Waals surface area contributed by atoms with E-state index in [2.05, 4.69) is 10.3 Å². The second-order valence-corrected chi connectivity index (χ2v) is 5.92. The van der Waals surface area contributed by atoms with Gasteiger partial charge in [0.05, 0.1) is 12.8 Å². The van der Waals surface area contributed by atoms with Crippen molar-refractivity contribution in [3.63, 3.8) is 0 Å². The van der Waals surface area contributed by atoms with Gasteiger partial charge in [-0.2, -0.15) is 0 Å². The van der Waals surface area contributed by atoms with Crippen LogP contribution in [0.1, 0.15) is 23.6 Å². The summed E-state index contributed by atoms with van der Waals surface area (Å²) in [5.74, 6) is 0.874. The van der Waals surface area contributed by atoms with Crippen LogP contribution in [0.25, 0.3) is 5.69 Å². The number of hydrogen-bond acceptors (Lipinski definition) is 4. The van der Waals surface area contributed by atoms with E-state index in [9.17, 15) is 9.90 Å². The molecule has 0 spiro atoms. The van der Waals surface area contributed by atoms with Gasteiger partial charge in [0, 0.05) is 18.0 Å². The average molecular weight is 335 g/mol. The van der Waals surface area contributed by atoms with Crippen molar-refractivity contribution in [2.45, 2.75) is 12.3 Å². The summed E-state index contributed by atoms with van der Waals surface area (Å²) in [6.07, 6.45) is 2.02. The summed E-state index contributed by atoms with van der Waals surface area (Å²) in [5, 5.41) is 12.7. The monoisotopic (exact) mass is 335 g/mol. The first-order valence-electron chi connectivity index (χ1n) is 7.97. The number of carbonyl (C=O) groups excluding carboxylic acids is 1. The minimum atomic E-state index is -0.191. The third-order valence-electron chi connectivity index (χ3n) is 4.41. The van der Waals surface area contributed by atoms with Gasteiger partial charge >= 0.3 is 0 Å². The van der Waals surface area contributed by atoms with Gasteiger partial charge in [-0.15, -0.1) is 0 Å². The van der Waals surface area contributed by atoms with E-state index in [1.54, 1.807) is 24.5 Å². The van der Waals surface area contributed by atoms with Crippen LogP contribution in [0, 0.1) is 0 Å². The van der Waals surface area contributed by atoms with Crippen LogP contribution in [0.3, 0.4) is 0 Å². The van der Waals surface area contributed by atoms with E-state index in [0.717, 1.165) is 16.9 Å². The summed E-state index contributed by atoms with van der Waals surface area (Å²) in [6.45, 7) is 0. The Bertz CT molecular complexity index is 934. The molecular formula is C19H17N3O3. The number of aromatic nitrogens is 2. The number of methoxy groups -OCH3 is 1. The van der Waals surface area contributed by atoms with Gasteiger partial charge in [-0.25, -0.2) is 4.98 Å². The fourth-order valence-corrected chi connectivity index (χ4v) is 3.18. The van der Waals surface area contributed by atoms with Crippen LogP contribution in [0.5, 0.6) is 11.5 Å². The number of aromatic hydroxyl groups is 1. The van der Waals surface area contributed by atoms with Gasteiger partial charge in [0.15, 0.2) is 11.5 Å². The highest BCUT2D eigenvalue weighted by Gasteiger charge is 2.31. The fraction of sp³-hybridized carbons (Fsp3) is 0.158. The van der Waals surface area contributed by atoms with E-state index in [-0.39, 0.29) is 17.6 Å². The number of benzene rings is 2. The van der Waals surface area contributed by atoms with Crippen LogP contribution in [-0.2, 0) is 4.79 Å². The molecule has 0 aliphatic carbocycles. The molecule has 126 valence electrons. The van der Waals surface area contributed by atoms with Gasteiger partial charge in [0.2, 0.25) is 5.91 Å². The number of rotatable bonds is 3. The maximum absolute atomic E-state index is 12.3. The Morgan fingerprint density at radius 1 is 1.24 bits per heavy atom. The highest BCUT2D eigenvalue weighted by molar-refractivity contribution is 5.94. The highest BCUT2D eigenvalue weighted by atomic mass is 16.5. The maximum Gasteiger partial charge on any atom is 0.226 e. The van der Waals surface area contributed by atoms with Gasteiger partial charge in [0.25, 0.3) is 0 Å². The van der Waals surface area contributed by atoms with Gasteiger partial charge in [0.1, 0.15) is 12.1 Å². The summed E-state index contributed by atoms with van der Waals surface area (Å²) < 4.78 is 7.06. The van der Waals surface area contributed by atoms with Crippen molar-refractivity contribution >= 4 is 11.7 Å². The Morgan fingerprint density at radius 3 is 2.80 bits per heavy atom. The lowest BCUT2D eigenvalue weighted by Crippen LogP contribution is -2.24. The Morgan fingerprint density at radius 2 is 2.04 bits per heavy atom. The van der Waals surface area contributed by atoms with Crippen LogP contribution in [-0.4, -0.2) is 27.7 Å². The molecule has 2 aromatic carbocycles. The number of ether oxygens (including phenoxy) is 1. The number of nitrogens with one attached hydrogen (secondary N) is 1. The van der Waals surface area contributed by atoms with Crippen molar-refractivity contribution in [1.29, 1.82) is 0 Å². The molecule has 0 radical (unpaired) electrons. The zero-order valence-corrected chi connectivity index (χ0v) is 13.6. The van der Waals surface area contributed by atoms with Crippen LogP contribution < -0.4 is 10.1 Å². The van der Waals surface area contributed by atoms with Crippen LogP contribution in [0.15, 0.2) is 54.9 Å². The molecule has 6 nitrogen and oxygen atoms in total. The summed E-state index contributed by atoms with van der Waals surface area (Å²) in [4.78, 5) is 16.8. The summed E-state index contributed by atoms with van der Waals surface area (Å²) >= 11 is 0. The second kappa shape index (κ2) is 5.98. The normalized spacial score (nSPS) is 16.2. The number of phenols is 1. The number of anilines is 1. The lowest BCUT2D eigenvalue weighted by Gasteiger charge is -2.23. The molecule has 3 aromatic rings. The first kappa shape index (κ1) is 15.3. The quantitative estimate of drug-likeness (QED) is 0.771. The average Bonchev–Trinajstić information content (AvgIpc) is 3.06. The standard InChI is InChI=1S/C19H17N3O3/c1-25-16-9-12(7-8-15(16)23)14-10-17(24)21-19-18(14)20-11-22(19)13-5-3-2-4-6-13/h2-9,11,14,23H,10H2,1H3,(H,21,24)/t14-/m1/s1. The van der Waals surface area contributed by atoms with E-state index in [1.165, 1.54) is 7.11 Å². The van der Waals surface area contributed by atoms with E-state index in [0.29, 0.717) is 18.0 Å². The van der Waals surface area contributed by atoms with Crippen LogP contribution in [0.4, 0.5) is 5.82 Å². The lowest BCUT2D eigenvalue weighted by molar-refractivity contribution is -0.116. The molecule has 1 aliphatic heterocycles. The van der Waals surface area contributed by atoms with Gasteiger partial charge in [-0.05, 0) is 29.8 Å². The third-order valence-corrected chi connectivity index (χ3v) is 4.41. The molecule has 25 heavy (non-hydrogen) atoms. The molecule has 2 heterocycles. The van der Waals surface area contributed by atoms with Crippen LogP contribution in [0.2, 0.25) is 0 Å². The molecule has 1 atom stereocenters. The molecule has 2 N–H and O–H groups in total. The predicted molar refractivity (Wildman–Crippen MR) is 93.3 cm³/mol. The number of carbonyl (C=O) groups is 1. The zero-order valence-electron chi connectivity index (χ0n) is 13.6. The highest BCUT2D eigenvalue weighted by Crippen LogP contribution is 2.39. The minimum Gasteiger partial charge on any atom is -0.504 e. The summed E-state index contributed by atoms with van der Waals surface area (Å²) in [5.41, 5.74) is 2.61. The van der Waals surface area contributed by atoms with Gasteiger partial charge < -0.3 is 15.2 Å². The van der Waals surface area contributed by atoms with Crippen molar-refractivity contribution in [2.24, 2.45) is 0 Å². The maximum atomic E-state index is 12.3. The largest absolute Gasteiger partial charge is 0.504 e. The molecule has 1 amide bonds. The first-order valence-corrected chi connectivity index (χ1v) is 7.97. The van der Waals surface area contributed by atoms with Crippen molar-refractivity contribution in [2.75, 3.05) is 12.4 Å². The number of para-hydroxylation sites is 1. The molecule has 0 saturated carbocycles. The number of hydrogen-bond donors (Lipinski definition) is 2. The Hall–Kier alpha value is -3.28. The smallest absolute Gasteiger partial charge is 0.226 e. The Labute approximate surface area is 144 Å². The van der Waals surface area contributed by atoms with E-state index >= 15 is 0 Å². The number of imidazole rings is 1. The molecule has 4 rings (SSSR count). The van der Waals surface area contributed by atoms with E-state index in [1.807, 2.05) is 34.9 Å². The number of phenolic OH excluding ortho intramolecular Hbond substituents is 1. The molecule has 0 fully saturated rings. The zero-order chi connectivity index (χ0) is 17.4. The van der Waals surface area contributed by atoms with Crippen molar-refractivity contribution in [1.82, 2.24) is 9.55 Å². The first-order chi connectivity index (χ1) is 12.2. The van der Waals surface area contributed by atoms with Crippen molar-refractivity contribution in [3.8, 4) is 17.2 Å². The second-order valence-electron chi connectivity index (χ2n) is 5.92. The lowest BCUT2D eigenvalue weighted by atomic mass is 9.89. The SMILES string of the molecule is COc1cc([C@H]2CC(=O)Nc3c2ncn3-c2ccccc2)ccc1O. The van der Waals surface area contributed by atoms with Gasteiger partial charge in [-0.3, -0.25) is 9.36 Å². The molecule has 1 aromatic heterocycles. The summed E-state index contributed by atoms with van der Waals surface area (Å²) in [7, 11) is 1.50. The Balaban J connectivity index is 1.81. The van der Waals surface area contributed by atoms with E-state index < -0.39 is 0 Å². The molecule has 1 aliphatic rings. The molecule has 0 unspecified atom stereocenters. The molecule has 6 heteroatoms. The van der Waals surface area contributed by atoms with Crippen LogP contribution >= 0.6 is 0 Å². The number of fused-ring (bicyclic) bond motifs is 1. The topological polar surface area (TPSA) is 76.4 Å². The van der Waals surface area contributed by atoms with Crippen molar-refractivity contribution in [3.05, 3.63) is 66.1 Å². The third kappa shape index (κ3) is 2.61.